The van der Waals surface area contributed by atoms with Gasteiger partial charge in [-0.1, -0.05) is 40.9 Å². The fraction of sp³-hybridized carbons (Fsp3) is 0. The summed E-state index contributed by atoms with van der Waals surface area (Å²) < 4.78 is 5.46. The summed E-state index contributed by atoms with van der Waals surface area (Å²) in [5, 5.41) is 1.40. The van der Waals surface area contributed by atoms with E-state index in [1.807, 2.05) is 0 Å². The van der Waals surface area contributed by atoms with E-state index in [1.54, 1.807) is 30.3 Å². The van der Waals surface area contributed by atoms with Gasteiger partial charge >= 0.3 is 0 Å². The molecule has 0 bridgehead atoms. The summed E-state index contributed by atoms with van der Waals surface area (Å²) in [6.07, 6.45) is 1.47. The van der Waals surface area contributed by atoms with Crippen LogP contribution in [0.4, 0.5) is 0 Å². The van der Waals surface area contributed by atoms with Crippen LogP contribution in [0, 0.1) is 0 Å². The minimum absolute atomic E-state index is 0.299. The van der Waals surface area contributed by atoms with E-state index < -0.39 is 0 Å². The van der Waals surface area contributed by atoms with E-state index >= 15 is 0 Å². The minimum Gasteiger partial charge on any atom is -0.437 e. The lowest BCUT2D eigenvalue weighted by molar-refractivity contribution is 0.463. The van der Waals surface area contributed by atoms with Gasteiger partial charge in [0.2, 0.25) is 5.88 Å². The highest BCUT2D eigenvalue weighted by Gasteiger charge is 2.05. The van der Waals surface area contributed by atoms with Crippen LogP contribution in [0.15, 0.2) is 36.5 Å². The van der Waals surface area contributed by atoms with Crippen molar-refractivity contribution in [2.24, 2.45) is 0 Å². The van der Waals surface area contributed by atoms with E-state index in [4.69, 9.17) is 39.5 Å². The van der Waals surface area contributed by atoms with Crippen molar-refractivity contribution in [2.45, 2.75) is 0 Å². The zero-order chi connectivity index (χ0) is 11.5. The molecule has 0 aliphatic carbocycles. The zero-order valence-corrected chi connectivity index (χ0v) is 10.2. The van der Waals surface area contributed by atoms with E-state index in [1.165, 1.54) is 6.20 Å². The first-order valence-electron chi connectivity index (χ1n) is 4.39. The number of aromatic nitrogens is 1. The molecule has 0 unspecified atom stereocenters. The standard InChI is InChI=1S/C11H6Cl3NO/c12-7-2-1-3-9(4-7)16-11-10(14)5-8(13)6-15-11/h1-6H. The molecule has 0 amide bonds. The molecule has 1 heterocycles. The molecule has 5 heteroatoms. The predicted octanol–water partition coefficient (Wildman–Crippen LogP) is 4.83. The Morgan fingerprint density at radius 2 is 1.81 bits per heavy atom. The Bertz CT molecular complexity index is 516. The summed E-state index contributed by atoms with van der Waals surface area (Å²) in [5.41, 5.74) is 0. The number of hydrogen-bond acceptors (Lipinski definition) is 2. The Kier molecular flexibility index (Phi) is 3.54. The number of ether oxygens (including phenoxy) is 1. The number of halogens is 3. The SMILES string of the molecule is Clc1cccc(Oc2ncc(Cl)cc2Cl)c1. The van der Waals surface area contributed by atoms with Gasteiger partial charge in [-0.25, -0.2) is 4.98 Å². The molecule has 1 aromatic carbocycles. The number of benzene rings is 1. The van der Waals surface area contributed by atoms with Crippen LogP contribution in [0.1, 0.15) is 0 Å². The van der Waals surface area contributed by atoms with Crippen molar-refractivity contribution < 1.29 is 4.74 Å². The first-order chi connectivity index (χ1) is 7.65. The van der Waals surface area contributed by atoms with Crippen molar-refractivity contribution in [1.29, 1.82) is 0 Å². The Balaban J connectivity index is 2.27. The van der Waals surface area contributed by atoms with Crippen molar-refractivity contribution >= 4 is 34.8 Å². The minimum atomic E-state index is 0.299. The quantitative estimate of drug-likeness (QED) is 0.782. The zero-order valence-electron chi connectivity index (χ0n) is 7.95. The molecule has 2 rings (SSSR count). The van der Waals surface area contributed by atoms with E-state index in [0.717, 1.165) is 0 Å². The van der Waals surface area contributed by atoms with Crippen LogP contribution >= 0.6 is 34.8 Å². The van der Waals surface area contributed by atoms with Crippen LogP contribution < -0.4 is 4.74 Å². The molecule has 0 radical (unpaired) electrons. The van der Waals surface area contributed by atoms with E-state index in [-0.39, 0.29) is 0 Å². The molecule has 0 saturated carbocycles. The van der Waals surface area contributed by atoms with Crippen LogP contribution in [-0.2, 0) is 0 Å². The summed E-state index contributed by atoms with van der Waals surface area (Å²) in [6.45, 7) is 0. The Hall–Kier alpha value is -0.960. The lowest BCUT2D eigenvalue weighted by Crippen LogP contribution is -1.88. The van der Waals surface area contributed by atoms with Gasteiger partial charge < -0.3 is 4.74 Å². The molecule has 0 fully saturated rings. The van der Waals surface area contributed by atoms with Crippen LogP contribution in [0.25, 0.3) is 0 Å². The maximum atomic E-state index is 5.91. The van der Waals surface area contributed by atoms with Crippen LogP contribution in [0.2, 0.25) is 15.1 Å². The Labute approximate surface area is 108 Å². The van der Waals surface area contributed by atoms with Crippen molar-refractivity contribution in [3.05, 3.63) is 51.6 Å². The maximum Gasteiger partial charge on any atom is 0.238 e. The average molecular weight is 275 g/mol. The van der Waals surface area contributed by atoms with Gasteiger partial charge in [0, 0.05) is 11.2 Å². The van der Waals surface area contributed by atoms with Gasteiger partial charge in [-0.3, -0.25) is 0 Å². The molecular weight excluding hydrogens is 268 g/mol. The highest BCUT2D eigenvalue weighted by Crippen LogP contribution is 2.29. The second-order valence-electron chi connectivity index (χ2n) is 3.00. The van der Waals surface area contributed by atoms with Crippen molar-refractivity contribution in [1.82, 2.24) is 4.98 Å². The topological polar surface area (TPSA) is 22.1 Å². The lowest BCUT2D eigenvalue weighted by atomic mass is 10.3. The van der Waals surface area contributed by atoms with Crippen LogP contribution in [-0.4, -0.2) is 4.98 Å². The molecule has 0 aliphatic heterocycles. The first kappa shape index (κ1) is 11.5. The van der Waals surface area contributed by atoms with Crippen LogP contribution in [0.3, 0.4) is 0 Å². The molecule has 2 nitrogen and oxygen atoms in total. The second kappa shape index (κ2) is 4.91. The summed E-state index contributed by atoms with van der Waals surface area (Å²) in [5.74, 6) is 0.873. The molecule has 82 valence electrons. The number of nitrogens with zero attached hydrogens (tertiary/aromatic N) is 1. The highest BCUT2D eigenvalue weighted by molar-refractivity contribution is 6.35. The molecular formula is C11H6Cl3NO. The van der Waals surface area contributed by atoms with Gasteiger partial charge in [-0.05, 0) is 24.3 Å². The highest BCUT2D eigenvalue weighted by atomic mass is 35.5. The molecule has 0 atom stereocenters. The van der Waals surface area contributed by atoms with Crippen molar-refractivity contribution in [3.63, 3.8) is 0 Å². The summed E-state index contributed by atoms with van der Waals surface area (Å²) >= 11 is 17.5. The van der Waals surface area contributed by atoms with E-state index in [0.29, 0.717) is 26.7 Å². The van der Waals surface area contributed by atoms with Crippen LogP contribution in [0.5, 0.6) is 11.6 Å². The molecule has 16 heavy (non-hydrogen) atoms. The second-order valence-corrected chi connectivity index (χ2v) is 4.28. The smallest absolute Gasteiger partial charge is 0.238 e. The first-order valence-corrected chi connectivity index (χ1v) is 5.53. The lowest BCUT2D eigenvalue weighted by Gasteiger charge is -2.06. The van der Waals surface area contributed by atoms with Gasteiger partial charge in [0.25, 0.3) is 0 Å². The Morgan fingerprint density at radius 1 is 1.00 bits per heavy atom. The van der Waals surface area contributed by atoms with Gasteiger partial charge in [-0.15, -0.1) is 0 Å². The normalized spacial score (nSPS) is 10.2. The van der Waals surface area contributed by atoms with Gasteiger partial charge in [0.1, 0.15) is 10.8 Å². The molecule has 2 aromatic rings. The third-order valence-corrected chi connectivity index (χ3v) is 2.50. The summed E-state index contributed by atoms with van der Waals surface area (Å²) in [7, 11) is 0. The van der Waals surface area contributed by atoms with Gasteiger partial charge in [-0.2, -0.15) is 0 Å². The van der Waals surface area contributed by atoms with E-state index in [9.17, 15) is 0 Å². The fourth-order valence-corrected chi connectivity index (χ4v) is 1.72. The number of rotatable bonds is 2. The molecule has 0 N–H and O–H groups in total. The fourth-order valence-electron chi connectivity index (χ4n) is 1.12. The van der Waals surface area contributed by atoms with Gasteiger partial charge in [0.15, 0.2) is 0 Å². The molecule has 0 spiro atoms. The molecule has 1 aromatic heterocycles. The molecule has 0 aliphatic rings. The van der Waals surface area contributed by atoms with Crippen molar-refractivity contribution in [3.8, 4) is 11.6 Å². The largest absolute Gasteiger partial charge is 0.437 e. The third kappa shape index (κ3) is 2.79. The molecule has 0 saturated heterocycles. The number of hydrogen-bond donors (Lipinski definition) is 0. The van der Waals surface area contributed by atoms with E-state index in [2.05, 4.69) is 4.98 Å². The predicted molar refractivity (Wildman–Crippen MR) is 65.8 cm³/mol. The summed E-state index contributed by atoms with van der Waals surface area (Å²) in [4.78, 5) is 3.97. The maximum absolute atomic E-state index is 5.91. The monoisotopic (exact) mass is 273 g/mol. The Morgan fingerprint density at radius 3 is 2.50 bits per heavy atom. The third-order valence-electron chi connectivity index (χ3n) is 1.78. The van der Waals surface area contributed by atoms with Crippen molar-refractivity contribution in [2.75, 3.05) is 0 Å². The van der Waals surface area contributed by atoms with Gasteiger partial charge in [0.05, 0.1) is 5.02 Å². The summed E-state index contributed by atoms with van der Waals surface area (Å²) in [6, 6.07) is 8.54. The average Bonchev–Trinajstić information content (AvgIpc) is 2.22. The number of pyridine rings is 1.